The molecule has 4 saturated carbocycles. The van der Waals surface area contributed by atoms with Gasteiger partial charge < -0.3 is 19.1 Å². The van der Waals surface area contributed by atoms with Crippen LogP contribution in [0.3, 0.4) is 0 Å². The van der Waals surface area contributed by atoms with Gasteiger partial charge in [-0.15, -0.1) is 0 Å². The summed E-state index contributed by atoms with van der Waals surface area (Å²) in [6.45, 7) is 1.24. The second-order valence-corrected chi connectivity index (χ2v) is 11.6. The maximum atomic E-state index is 13.6. The fourth-order valence-corrected chi connectivity index (χ4v) is 6.77. The molecule has 0 amide bonds. The van der Waals surface area contributed by atoms with E-state index in [2.05, 4.69) is 4.90 Å². The summed E-state index contributed by atoms with van der Waals surface area (Å²) in [5, 5.41) is -5.03. The molecule has 1 saturated heterocycles. The second-order valence-electron chi connectivity index (χ2n) is 10.2. The molecule has 1 N–H and O–H groups in total. The van der Waals surface area contributed by atoms with E-state index in [1.807, 2.05) is 7.05 Å². The van der Waals surface area contributed by atoms with E-state index in [1.54, 1.807) is 0 Å². The predicted molar refractivity (Wildman–Crippen MR) is 105 cm³/mol. The number of carbonyl (C=O) groups is 2. The van der Waals surface area contributed by atoms with Crippen LogP contribution in [0, 0.1) is 17.3 Å². The fourth-order valence-electron chi connectivity index (χ4n) is 6.50. The normalized spacial score (nSPS) is 35.5. The van der Waals surface area contributed by atoms with Crippen LogP contribution in [0.5, 0.6) is 0 Å². The average Bonchev–Trinajstić information content (AvgIpc) is 2.65. The molecule has 0 aromatic heterocycles. The Bertz CT molecular complexity index is 857. The van der Waals surface area contributed by atoms with Crippen molar-refractivity contribution in [3.63, 3.8) is 0 Å². The van der Waals surface area contributed by atoms with E-state index >= 15 is 0 Å². The Kier molecular flexibility index (Phi) is 5.94. The third-order valence-electron chi connectivity index (χ3n) is 7.43. The van der Waals surface area contributed by atoms with E-state index in [1.165, 1.54) is 0 Å². The molecule has 1 heterocycles. The van der Waals surface area contributed by atoms with Crippen molar-refractivity contribution in [3.8, 4) is 0 Å². The van der Waals surface area contributed by atoms with Crippen LogP contribution in [0.1, 0.15) is 51.4 Å². The average molecular weight is 482 g/mol. The standard InChI is InChI=1S/C20H29F2NO8S/c1-23-4-2-15(3-5-23)30-17(25)31-19-9-13-6-14(10-19)8-18(7-13,11-19)12-29-16(24)20(21,22)32(26,27)28/h13-15H,2-12H2,1H3,(H,26,27,28). The summed E-state index contributed by atoms with van der Waals surface area (Å²) >= 11 is 0. The van der Waals surface area contributed by atoms with Crippen molar-refractivity contribution >= 4 is 22.2 Å². The third-order valence-corrected chi connectivity index (χ3v) is 8.24. The van der Waals surface area contributed by atoms with Crippen LogP contribution in [0.25, 0.3) is 0 Å². The molecule has 2 atom stereocenters. The molecule has 0 aromatic rings. The number of ether oxygens (including phenoxy) is 3. The van der Waals surface area contributed by atoms with Crippen molar-refractivity contribution in [3.05, 3.63) is 0 Å². The molecule has 5 fully saturated rings. The zero-order valence-corrected chi connectivity index (χ0v) is 18.7. The van der Waals surface area contributed by atoms with Crippen LogP contribution in [0.2, 0.25) is 0 Å². The van der Waals surface area contributed by atoms with E-state index < -0.39 is 45.1 Å². The Labute approximate surface area is 185 Å². The Balaban J connectivity index is 1.40. The van der Waals surface area contributed by atoms with E-state index in [9.17, 15) is 26.8 Å². The van der Waals surface area contributed by atoms with Crippen LogP contribution in [0.15, 0.2) is 0 Å². The molecular weight excluding hydrogens is 452 g/mol. The summed E-state index contributed by atoms with van der Waals surface area (Å²) in [4.78, 5) is 26.4. The highest BCUT2D eigenvalue weighted by atomic mass is 32.2. The molecule has 9 nitrogen and oxygen atoms in total. The zero-order valence-electron chi connectivity index (χ0n) is 17.9. The lowest BCUT2D eigenvalue weighted by Gasteiger charge is -2.60. The van der Waals surface area contributed by atoms with Crippen molar-refractivity contribution < 1.29 is 45.6 Å². The number of piperidine rings is 1. The number of halogens is 2. The topological polar surface area (TPSA) is 119 Å². The SMILES string of the molecule is CN1CCC(OC(=O)OC23CC4CC(CC(COC(=O)C(F)(F)S(=O)(=O)O)(C4)C2)C3)CC1. The molecule has 5 rings (SSSR count). The summed E-state index contributed by atoms with van der Waals surface area (Å²) < 4.78 is 73.4. The minimum atomic E-state index is -5.92. The van der Waals surface area contributed by atoms with Gasteiger partial charge in [0.15, 0.2) is 0 Å². The van der Waals surface area contributed by atoms with E-state index in [0.29, 0.717) is 32.1 Å². The molecular formula is C20H29F2NO8S. The van der Waals surface area contributed by atoms with Gasteiger partial charge >= 0.3 is 27.5 Å². The molecule has 12 heteroatoms. The van der Waals surface area contributed by atoms with Crippen LogP contribution in [-0.2, 0) is 29.1 Å². The van der Waals surface area contributed by atoms with Gasteiger partial charge in [-0.1, -0.05) is 0 Å². The minimum absolute atomic E-state index is 0.188. The van der Waals surface area contributed by atoms with E-state index in [0.717, 1.165) is 32.4 Å². The lowest BCUT2D eigenvalue weighted by molar-refractivity contribution is -0.200. The zero-order chi connectivity index (χ0) is 23.4. The molecule has 32 heavy (non-hydrogen) atoms. The summed E-state index contributed by atoms with van der Waals surface area (Å²) in [5.41, 5.74) is -1.48. The Morgan fingerprint density at radius 3 is 2.28 bits per heavy atom. The lowest BCUT2D eigenvalue weighted by Crippen LogP contribution is -2.59. The van der Waals surface area contributed by atoms with Crippen molar-refractivity contribution in [1.82, 2.24) is 4.90 Å². The molecule has 1 aliphatic heterocycles. The summed E-state index contributed by atoms with van der Waals surface area (Å²) in [5.74, 6) is -1.92. The first-order valence-corrected chi connectivity index (χ1v) is 12.4. The largest absolute Gasteiger partial charge is 0.509 e. The van der Waals surface area contributed by atoms with Gasteiger partial charge in [0.2, 0.25) is 0 Å². The number of nitrogens with zero attached hydrogens (tertiary/aromatic N) is 1. The van der Waals surface area contributed by atoms with Gasteiger partial charge in [0.05, 0.1) is 6.61 Å². The Morgan fingerprint density at radius 1 is 1.12 bits per heavy atom. The maximum Gasteiger partial charge on any atom is 0.509 e. The van der Waals surface area contributed by atoms with Crippen molar-refractivity contribution in [2.75, 3.05) is 26.7 Å². The van der Waals surface area contributed by atoms with Crippen LogP contribution < -0.4 is 0 Å². The molecule has 4 bridgehead atoms. The summed E-state index contributed by atoms with van der Waals surface area (Å²) in [6, 6.07) is 0. The maximum absolute atomic E-state index is 13.6. The second kappa shape index (κ2) is 8.05. The van der Waals surface area contributed by atoms with Crippen molar-refractivity contribution in [1.29, 1.82) is 0 Å². The van der Waals surface area contributed by atoms with Crippen LogP contribution in [-0.4, -0.2) is 73.7 Å². The van der Waals surface area contributed by atoms with Crippen LogP contribution in [0.4, 0.5) is 13.6 Å². The molecule has 4 aliphatic carbocycles. The number of esters is 1. The van der Waals surface area contributed by atoms with Gasteiger partial charge in [-0.2, -0.15) is 17.2 Å². The van der Waals surface area contributed by atoms with Gasteiger partial charge in [-0.05, 0) is 70.3 Å². The van der Waals surface area contributed by atoms with Gasteiger partial charge in [0, 0.05) is 18.5 Å². The number of alkyl halides is 2. The molecule has 5 aliphatic rings. The Hall–Kier alpha value is -1.53. The van der Waals surface area contributed by atoms with Gasteiger partial charge in [-0.25, -0.2) is 9.59 Å². The van der Waals surface area contributed by atoms with Gasteiger partial charge in [0.25, 0.3) is 0 Å². The van der Waals surface area contributed by atoms with Crippen LogP contribution >= 0.6 is 0 Å². The molecule has 0 aromatic carbocycles. The van der Waals surface area contributed by atoms with Gasteiger partial charge in [0.1, 0.15) is 11.7 Å². The number of carbonyl (C=O) groups excluding carboxylic acids is 2. The monoisotopic (exact) mass is 481 g/mol. The fraction of sp³-hybridized carbons (Fsp3) is 0.900. The minimum Gasteiger partial charge on any atom is -0.460 e. The smallest absolute Gasteiger partial charge is 0.460 e. The highest BCUT2D eigenvalue weighted by Crippen LogP contribution is 2.63. The number of hydrogen-bond donors (Lipinski definition) is 1. The third kappa shape index (κ3) is 4.58. The number of rotatable bonds is 6. The van der Waals surface area contributed by atoms with Gasteiger partial charge in [-0.3, -0.25) is 4.55 Å². The van der Waals surface area contributed by atoms with E-state index in [-0.39, 0.29) is 17.9 Å². The summed E-state index contributed by atoms with van der Waals surface area (Å²) in [7, 11) is -3.92. The first-order valence-electron chi connectivity index (χ1n) is 10.9. The van der Waals surface area contributed by atoms with Crippen molar-refractivity contribution in [2.45, 2.75) is 68.3 Å². The predicted octanol–water partition coefficient (Wildman–Crippen LogP) is 2.60. The highest BCUT2D eigenvalue weighted by Gasteiger charge is 2.61. The first-order chi connectivity index (χ1) is 14.8. The number of hydrogen-bond acceptors (Lipinski definition) is 8. The Morgan fingerprint density at radius 2 is 1.72 bits per heavy atom. The van der Waals surface area contributed by atoms with E-state index in [4.69, 9.17) is 18.8 Å². The first kappa shape index (κ1) is 23.6. The van der Waals surface area contributed by atoms with Crippen molar-refractivity contribution in [2.24, 2.45) is 17.3 Å². The quantitative estimate of drug-likeness (QED) is 0.451. The number of likely N-dealkylation sites (tertiary alicyclic amines) is 1. The molecule has 2 unspecified atom stereocenters. The lowest BCUT2D eigenvalue weighted by atomic mass is 9.48. The molecule has 182 valence electrons. The highest BCUT2D eigenvalue weighted by molar-refractivity contribution is 7.87. The molecule has 0 radical (unpaired) electrons. The molecule has 0 spiro atoms. The summed E-state index contributed by atoms with van der Waals surface area (Å²) in [6.07, 6.45) is 4.29.